The maximum Gasteiger partial charge on any atom is 0.257 e. The number of hydrogen-bond acceptors (Lipinski definition) is 6. The van der Waals surface area contributed by atoms with E-state index in [1.54, 1.807) is 26.2 Å². The highest BCUT2D eigenvalue weighted by Crippen LogP contribution is 2.37. The van der Waals surface area contributed by atoms with E-state index in [9.17, 15) is 4.79 Å². The Labute approximate surface area is 162 Å². The number of hydrogen-bond donors (Lipinski definition) is 1. The van der Waals surface area contributed by atoms with E-state index in [2.05, 4.69) is 10.5 Å². The zero-order valence-corrected chi connectivity index (χ0v) is 15.8. The average molecular weight is 380 g/mol. The fraction of sp³-hybridized carbons (Fsp3) is 0.238. The lowest BCUT2D eigenvalue weighted by molar-refractivity contribution is 0.0939. The number of benzene rings is 2. The molecule has 3 aromatic rings. The molecular weight excluding hydrogens is 360 g/mol. The van der Waals surface area contributed by atoms with Gasteiger partial charge in [0.2, 0.25) is 6.79 Å². The van der Waals surface area contributed by atoms with E-state index in [1.165, 1.54) is 0 Å². The van der Waals surface area contributed by atoms with Crippen LogP contribution in [0.1, 0.15) is 34.6 Å². The molecule has 7 heteroatoms. The molecule has 0 saturated heterocycles. The summed E-state index contributed by atoms with van der Waals surface area (Å²) in [4.78, 5) is 13.0. The summed E-state index contributed by atoms with van der Waals surface area (Å²) < 4.78 is 21.4. The Balaban J connectivity index is 1.58. The van der Waals surface area contributed by atoms with Crippen LogP contribution in [0.3, 0.4) is 0 Å². The van der Waals surface area contributed by atoms with Crippen LogP contribution >= 0.6 is 0 Å². The predicted molar refractivity (Wildman–Crippen MR) is 102 cm³/mol. The number of aryl methyl sites for hydroxylation is 1. The summed E-state index contributed by atoms with van der Waals surface area (Å²) in [5.74, 6) is 2.19. The topological polar surface area (TPSA) is 82.8 Å². The van der Waals surface area contributed by atoms with Crippen molar-refractivity contribution < 1.29 is 23.5 Å². The van der Waals surface area contributed by atoms with Crippen LogP contribution in [0.25, 0.3) is 11.3 Å². The standard InChI is InChI=1S/C21H20N2O5/c1-12(14-4-7-16(25-3)8-5-14)22-21(24)19-13(2)23-28-20(19)15-6-9-17-18(10-15)27-11-26-17/h4-10,12H,11H2,1-3H3,(H,22,24)/t12-/m0/s1. The molecule has 1 aliphatic rings. The first-order valence-electron chi connectivity index (χ1n) is 8.88. The Morgan fingerprint density at radius 3 is 2.64 bits per heavy atom. The molecule has 0 unspecified atom stereocenters. The number of nitrogens with one attached hydrogen (secondary N) is 1. The zero-order chi connectivity index (χ0) is 19.7. The molecule has 0 spiro atoms. The number of rotatable bonds is 5. The van der Waals surface area contributed by atoms with Gasteiger partial charge in [-0.2, -0.15) is 0 Å². The van der Waals surface area contributed by atoms with Crippen LogP contribution < -0.4 is 19.5 Å². The van der Waals surface area contributed by atoms with Gasteiger partial charge in [0.05, 0.1) is 18.8 Å². The van der Waals surface area contributed by atoms with Gasteiger partial charge in [-0.25, -0.2) is 0 Å². The number of carbonyl (C=O) groups excluding carboxylic acids is 1. The lowest BCUT2D eigenvalue weighted by Gasteiger charge is -2.15. The molecule has 2 heterocycles. The fourth-order valence-electron chi connectivity index (χ4n) is 3.12. The van der Waals surface area contributed by atoms with Gasteiger partial charge in [-0.1, -0.05) is 17.3 Å². The third-order valence-corrected chi connectivity index (χ3v) is 4.69. The van der Waals surface area contributed by atoms with Gasteiger partial charge >= 0.3 is 0 Å². The third kappa shape index (κ3) is 3.26. The van der Waals surface area contributed by atoms with E-state index in [4.69, 9.17) is 18.7 Å². The highest BCUT2D eigenvalue weighted by atomic mass is 16.7. The van der Waals surface area contributed by atoms with Crippen molar-refractivity contribution in [1.82, 2.24) is 10.5 Å². The summed E-state index contributed by atoms with van der Waals surface area (Å²) in [5.41, 5.74) is 2.59. The molecule has 1 aromatic heterocycles. The van der Waals surface area contributed by atoms with Gasteiger partial charge in [0.15, 0.2) is 17.3 Å². The first-order chi connectivity index (χ1) is 13.6. The van der Waals surface area contributed by atoms with Gasteiger partial charge in [0.25, 0.3) is 5.91 Å². The second-order valence-electron chi connectivity index (χ2n) is 6.51. The number of fused-ring (bicyclic) bond motifs is 1. The van der Waals surface area contributed by atoms with E-state index in [0.29, 0.717) is 34.1 Å². The molecule has 2 aromatic carbocycles. The fourth-order valence-corrected chi connectivity index (χ4v) is 3.12. The molecule has 1 aliphatic heterocycles. The minimum Gasteiger partial charge on any atom is -0.497 e. The van der Waals surface area contributed by atoms with E-state index >= 15 is 0 Å². The summed E-state index contributed by atoms with van der Waals surface area (Å²) in [7, 11) is 1.62. The van der Waals surface area contributed by atoms with Crippen molar-refractivity contribution in [1.29, 1.82) is 0 Å². The van der Waals surface area contributed by atoms with Crippen molar-refractivity contribution in [3.63, 3.8) is 0 Å². The van der Waals surface area contributed by atoms with Gasteiger partial charge < -0.3 is 24.1 Å². The molecule has 4 rings (SSSR count). The number of carbonyl (C=O) groups is 1. The van der Waals surface area contributed by atoms with Gasteiger partial charge in [-0.3, -0.25) is 4.79 Å². The first kappa shape index (κ1) is 17.9. The van der Waals surface area contributed by atoms with Crippen molar-refractivity contribution in [2.24, 2.45) is 0 Å². The van der Waals surface area contributed by atoms with Crippen molar-refractivity contribution in [2.75, 3.05) is 13.9 Å². The number of methoxy groups -OCH3 is 1. The minimum atomic E-state index is -0.255. The molecule has 0 radical (unpaired) electrons. The van der Waals surface area contributed by atoms with Gasteiger partial charge in [0.1, 0.15) is 11.3 Å². The van der Waals surface area contributed by atoms with E-state index < -0.39 is 0 Å². The quantitative estimate of drug-likeness (QED) is 0.723. The molecule has 1 N–H and O–H groups in total. The Morgan fingerprint density at radius 1 is 1.14 bits per heavy atom. The van der Waals surface area contributed by atoms with Gasteiger partial charge in [-0.05, 0) is 49.7 Å². The number of ether oxygens (including phenoxy) is 3. The normalized spacial score (nSPS) is 13.2. The maximum atomic E-state index is 13.0. The molecule has 28 heavy (non-hydrogen) atoms. The lowest BCUT2D eigenvalue weighted by atomic mass is 10.0. The van der Waals surface area contributed by atoms with Crippen molar-refractivity contribution in [3.05, 3.63) is 59.3 Å². The second-order valence-corrected chi connectivity index (χ2v) is 6.51. The molecule has 7 nitrogen and oxygen atoms in total. The molecule has 0 saturated carbocycles. The van der Waals surface area contributed by atoms with Crippen LogP contribution in [0.15, 0.2) is 47.0 Å². The summed E-state index contributed by atoms with van der Waals surface area (Å²) in [6.07, 6.45) is 0. The van der Waals surface area contributed by atoms with E-state index in [-0.39, 0.29) is 18.7 Å². The molecule has 1 amide bonds. The second kappa shape index (κ2) is 7.26. The molecule has 0 aliphatic carbocycles. The van der Waals surface area contributed by atoms with Crippen LogP contribution in [-0.2, 0) is 0 Å². The van der Waals surface area contributed by atoms with Crippen LogP contribution in [0.2, 0.25) is 0 Å². The van der Waals surface area contributed by atoms with Crippen LogP contribution in [-0.4, -0.2) is 25.0 Å². The molecular formula is C21H20N2O5. The number of amides is 1. The molecule has 1 atom stereocenters. The first-order valence-corrected chi connectivity index (χ1v) is 8.88. The monoisotopic (exact) mass is 380 g/mol. The largest absolute Gasteiger partial charge is 0.497 e. The molecule has 0 fully saturated rings. The summed E-state index contributed by atoms with van der Waals surface area (Å²) in [6, 6.07) is 12.8. The van der Waals surface area contributed by atoms with Crippen molar-refractivity contribution >= 4 is 5.91 Å². The van der Waals surface area contributed by atoms with Crippen LogP contribution in [0, 0.1) is 6.92 Å². The summed E-state index contributed by atoms with van der Waals surface area (Å²) >= 11 is 0. The zero-order valence-electron chi connectivity index (χ0n) is 15.8. The van der Waals surface area contributed by atoms with Crippen molar-refractivity contribution in [3.8, 4) is 28.6 Å². The lowest BCUT2D eigenvalue weighted by Crippen LogP contribution is -2.27. The highest BCUT2D eigenvalue weighted by molar-refractivity contribution is 6.00. The Bertz CT molecular complexity index is 1010. The SMILES string of the molecule is COc1ccc([C@H](C)NC(=O)c2c(C)noc2-c2ccc3c(c2)OCO3)cc1. The van der Waals surface area contributed by atoms with Crippen LogP contribution in [0.4, 0.5) is 0 Å². The van der Waals surface area contributed by atoms with Crippen LogP contribution in [0.5, 0.6) is 17.2 Å². The minimum absolute atomic E-state index is 0.181. The molecule has 144 valence electrons. The Morgan fingerprint density at radius 2 is 1.89 bits per heavy atom. The average Bonchev–Trinajstić information content (AvgIpc) is 3.33. The van der Waals surface area contributed by atoms with Gasteiger partial charge in [-0.15, -0.1) is 0 Å². The highest BCUT2D eigenvalue weighted by Gasteiger charge is 2.25. The van der Waals surface area contributed by atoms with E-state index in [0.717, 1.165) is 11.3 Å². The summed E-state index contributed by atoms with van der Waals surface area (Å²) in [5, 5.41) is 6.99. The van der Waals surface area contributed by atoms with E-state index in [1.807, 2.05) is 37.3 Å². The maximum absolute atomic E-state index is 13.0. The third-order valence-electron chi connectivity index (χ3n) is 4.69. The smallest absolute Gasteiger partial charge is 0.257 e. The Kier molecular flexibility index (Phi) is 4.65. The predicted octanol–water partition coefficient (Wildman–Crippen LogP) is 3.88. The Hall–Kier alpha value is -3.48. The van der Waals surface area contributed by atoms with Crippen molar-refractivity contribution in [2.45, 2.75) is 19.9 Å². The number of aromatic nitrogens is 1. The molecule has 0 bridgehead atoms. The number of nitrogens with zero attached hydrogens (tertiary/aromatic N) is 1. The van der Waals surface area contributed by atoms with Gasteiger partial charge in [0, 0.05) is 5.56 Å². The summed E-state index contributed by atoms with van der Waals surface area (Å²) in [6.45, 7) is 3.84.